The Bertz CT molecular complexity index is 659. The summed E-state index contributed by atoms with van der Waals surface area (Å²) in [6, 6.07) is -0.748. The van der Waals surface area contributed by atoms with Crippen molar-refractivity contribution in [1.82, 2.24) is 5.32 Å². The molecule has 41 heavy (non-hydrogen) atoms. The van der Waals surface area contributed by atoms with Crippen LogP contribution >= 0.6 is 7.82 Å². The molecule has 3 unspecified atom stereocenters. The van der Waals surface area contributed by atoms with Crippen molar-refractivity contribution >= 4 is 13.7 Å². The second-order valence-electron chi connectivity index (χ2n) is 12.9. The number of rotatable bonds is 30. The van der Waals surface area contributed by atoms with E-state index in [1.807, 2.05) is 28.1 Å². The van der Waals surface area contributed by atoms with E-state index in [0.29, 0.717) is 30.3 Å². The van der Waals surface area contributed by atoms with Gasteiger partial charge in [-0.2, -0.15) is 0 Å². The number of carbonyl (C=O) groups excluding carboxylic acids is 1. The van der Waals surface area contributed by atoms with Crippen LogP contribution in [0, 0.1) is 0 Å². The second-order valence-corrected chi connectivity index (χ2v) is 14.4. The number of carbonyl (C=O) groups is 1. The molecule has 9 heteroatoms. The van der Waals surface area contributed by atoms with Crippen molar-refractivity contribution < 1.29 is 32.9 Å². The minimum atomic E-state index is -4.27. The Labute approximate surface area is 253 Å². The zero-order valence-electron chi connectivity index (χ0n) is 27.5. The van der Waals surface area contributed by atoms with Crippen LogP contribution in [0.4, 0.5) is 0 Å². The fourth-order valence-corrected chi connectivity index (χ4v) is 5.59. The zero-order valence-corrected chi connectivity index (χ0v) is 28.4. The largest absolute Gasteiger partial charge is 0.472 e. The van der Waals surface area contributed by atoms with E-state index < -0.39 is 20.0 Å². The molecule has 0 aromatic rings. The van der Waals surface area contributed by atoms with E-state index in [-0.39, 0.29) is 19.1 Å². The number of nitrogens with zero attached hydrogens (tertiary/aromatic N) is 1. The van der Waals surface area contributed by atoms with Crippen LogP contribution in [-0.2, 0) is 18.4 Å². The van der Waals surface area contributed by atoms with Crippen LogP contribution in [0.25, 0.3) is 0 Å². The number of amides is 1. The summed E-state index contributed by atoms with van der Waals surface area (Å²) in [6.07, 6.45) is 24.1. The summed E-state index contributed by atoms with van der Waals surface area (Å²) >= 11 is 0. The first-order valence-electron chi connectivity index (χ1n) is 16.9. The highest BCUT2D eigenvalue weighted by molar-refractivity contribution is 7.47. The van der Waals surface area contributed by atoms with Crippen LogP contribution < -0.4 is 5.32 Å². The van der Waals surface area contributed by atoms with Crippen molar-refractivity contribution in [2.24, 2.45) is 0 Å². The number of nitrogens with one attached hydrogen (secondary N) is 1. The Morgan fingerprint density at radius 3 is 1.59 bits per heavy atom. The van der Waals surface area contributed by atoms with Gasteiger partial charge in [-0.15, -0.1) is 0 Å². The molecule has 0 aliphatic carbocycles. The summed E-state index contributed by atoms with van der Waals surface area (Å²) in [7, 11) is 1.61. The molecule has 8 nitrogen and oxygen atoms in total. The van der Waals surface area contributed by atoms with Gasteiger partial charge in [0.15, 0.2) is 0 Å². The summed E-state index contributed by atoms with van der Waals surface area (Å²) in [5.41, 5.74) is 0. The fourth-order valence-electron chi connectivity index (χ4n) is 4.85. The number of phosphoric ester groups is 1. The summed E-state index contributed by atoms with van der Waals surface area (Å²) < 4.78 is 23.1. The first-order valence-corrected chi connectivity index (χ1v) is 18.4. The Balaban J connectivity index is 4.00. The third-order valence-corrected chi connectivity index (χ3v) is 8.56. The summed E-state index contributed by atoms with van der Waals surface area (Å²) in [5.74, 6) is -0.198. The molecule has 3 atom stereocenters. The minimum Gasteiger partial charge on any atom is -0.391 e. The monoisotopic (exact) mass is 607 g/mol. The first-order chi connectivity index (χ1) is 19.5. The second kappa shape index (κ2) is 25.9. The molecule has 246 valence electrons. The number of aliphatic hydroxyl groups excluding tert-OH is 1. The zero-order chi connectivity index (χ0) is 30.8. The van der Waals surface area contributed by atoms with Gasteiger partial charge >= 0.3 is 7.82 Å². The Morgan fingerprint density at radius 2 is 1.17 bits per heavy atom. The number of aliphatic hydroxyl groups is 1. The third kappa shape index (κ3) is 28.1. The molecular weight excluding hydrogens is 539 g/mol. The molecule has 0 fully saturated rings. The average Bonchev–Trinajstić information content (AvgIpc) is 2.89. The lowest BCUT2D eigenvalue weighted by Crippen LogP contribution is -2.46. The van der Waals surface area contributed by atoms with E-state index in [0.717, 1.165) is 19.3 Å². The SMILES string of the molecule is CCCCCCCCCCCCCCCCCCCCC(O)C(COP(=O)(O)OCC[N+](C)(C)C)NC(=O)CCC. The Kier molecular flexibility index (Phi) is 25.6. The molecule has 0 bridgehead atoms. The highest BCUT2D eigenvalue weighted by Crippen LogP contribution is 2.43. The lowest BCUT2D eigenvalue weighted by molar-refractivity contribution is -0.870. The van der Waals surface area contributed by atoms with E-state index in [1.54, 1.807) is 0 Å². The van der Waals surface area contributed by atoms with Gasteiger partial charge < -0.3 is 19.8 Å². The summed E-state index contributed by atoms with van der Waals surface area (Å²) in [5, 5.41) is 13.5. The molecule has 1 amide bonds. The maximum Gasteiger partial charge on any atom is 0.472 e. The average molecular weight is 608 g/mol. The topological polar surface area (TPSA) is 105 Å². The number of hydrogen-bond acceptors (Lipinski definition) is 5. The van der Waals surface area contributed by atoms with Gasteiger partial charge in [-0.05, 0) is 12.8 Å². The van der Waals surface area contributed by atoms with Crippen LogP contribution in [-0.4, -0.2) is 73.4 Å². The summed E-state index contributed by atoms with van der Waals surface area (Å²) in [6.45, 7) is 4.53. The van der Waals surface area contributed by atoms with Crippen LogP contribution in [0.5, 0.6) is 0 Å². The van der Waals surface area contributed by atoms with Crippen molar-refractivity contribution in [1.29, 1.82) is 0 Å². The van der Waals surface area contributed by atoms with Crippen LogP contribution in [0.1, 0.15) is 149 Å². The van der Waals surface area contributed by atoms with Crippen molar-refractivity contribution in [3.63, 3.8) is 0 Å². The number of hydrogen-bond donors (Lipinski definition) is 3. The molecule has 3 N–H and O–H groups in total. The molecule has 0 aliphatic heterocycles. The van der Waals surface area contributed by atoms with Crippen molar-refractivity contribution in [3.05, 3.63) is 0 Å². The molecular formula is C32H68N2O6P+. The van der Waals surface area contributed by atoms with Gasteiger partial charge in [-0.1, -0.05) is 129 Å². The predicted molar refractivity (Wildman–Crippen MR) is 171 cm³/mol. The van der Waals surface area contributed by atoms with E-state index in [2.05, 4.69) is 12.2 Å². The highest BCUT2D eigenvalue weighted by atomic mass is 31.2. The molecule has 0 heterocycles. The Morgan fingerprint density at radius 1 is 0.732 bits per heavy atom. The van der Waals surface area contributed by atoms with Crippen molar-refractivity contribution in [2.45, 2.75) is 161 Å². The number of unbranched alkanes of at least 4 members (excludes halogenated alkanes) is 17. The molecule has 0 rings (SSSR count). The van der Waals surface area contributed by atoms with E-state index in [4.69, 9.17) is 9.05 Å². The summed E-state index contributed by atoms with van der Waals surface area (Å²) in [4.78, 5) is 22.2. The molecule has 0 radical (unpaired) electrons. The van der Waals surface area contributed by atoms with Gasteiger partial charge in [0.2, 0.25) is 5.91 Å². The maximum absolute atomic E-state index is 12.3. The smallest absolute Gasteiger partial charge is 0.391 e. The van der Waals surface area contributed by atoms with Crippen LogP contribution in [0.3, 0.4) is 0 Å². The van der Waals surface area contributed by atoms with Gasteiger partial charge in [-0.3, -0.25) is 13.8 Å². The molecule has 0 aromatic heterocycles. The standard InChI is InChI=1S/C32H67N2O6P/c1-6-8-9-10-11-12-13-14-15-16-17-18-19-20-21-22-23-24-26-31(35)30(33-32(36)25-7-2)29-40-41(37,38)39-28-27-34(3,4)5/h30-31,35H,6-29H2,1-5H3,(H-,33,36,37,38)/p+1. The van der Waals surface area contributed by atoms with E-state index in [1.165, 1.54) is 96.3 Å². The third-order valence-electron chi connectivity index (χ3n) is 7.58. The van der Waals surface area contributed by atoms with E-state index >= 15 is 0 Å². The molecule has 0 aromatic carbocycles. The van der Waals surface area contributed by atoms with Gasteiger partial charge in [0, 0.05) is 6.42 Å². The fraction of sp³-hybridized carbons (Fsp3) is 0.969. The number of likely N-dealkylation sites (N-methyl/N-ethyl adjacent to an activating group) is 1. The number of quaternary nitrogens is 1. The van der Waals surface area contributed by atoms with Crippen LogP contribution in [0.15, 0.2) is 0 Å². The lowest BCUT2D eigenvalue weighted by Gasteiger charge is -2.26. The van der Waals surface area contributed by atoms with Crippen molar-refractivity contribution in [2.75, 3.05) is 40.9 Å². The first kappa shape index (κ1) is 40.5. The van der Waals surface area contributed by atoms with Gasteiger partial charge in [0.05, 0.1) is 39.9 Å². The molecule has 0 aliphatic rings. The predicted octanol–water partition coefficient (Wildman–Crippen LogP) is 7.90. The van der Waals surface area contributed by atoms with E-state index in [9.17, 15) is 19.4 Å². The Hall–Kier alpha value is -0.500. The molecule has 0 spiro atoms. The maximum atomic E-state index is 12.3. The van der Waals surface area contributed by atoms with Gasteiger partial charge in [0.1, 0.15) is 13.2 Å². The van der Waals surface area contributed by atoms with Gasteiger partial charge in [-0.25, -0.2) is 4.57 Å². The quantitative estimate of drug-likeness (QED) is 0.0435. The van der Waals surface area contributed by atoms with Crippen molar-refractivity contribution in [3.8, 4) is 0 Å². The molecule has 0 saturated carbocycles. The van der Waals surface area contributed by atoms with Gasteiger partial charge in [0.25, 0.3) is 0 Å². The minimum absolute atomic E-state index is 0.0754. The van der Waals surface area contributed by atoms with Crippen LogP contribution in [0.2, 0.25) is 0 Å². The highest BCUT2D eigenvalue weighted by Gasteiger charge is 2.28. The molecule has 0 saturated heterocycles. The number of phosphoric acid groups is 1. The normalized spacial score (nSPS) is 15.0. The lowest BCUT2D eigenvalue weighted by atomic mass is 10.0.